The zero-order valence-electron chi connectivity index (χ0n) is 17.4. The fraction of sp³-hybridized carbons (Fsp3) is 0.571. The lowest BCUT2D eigenvalue weighted by molar-refractivity contribution is 0.0177. The summed E-state index contributed by atoms with van der Waals surface area (Å²) in [4.78, 5) is 31.8. The molecular formula is C21H29ClN4O3. The zero-order chi connectivity index (χ0) is 21.3. The van der Waals surface area contributed by atoms with Crippen LogP contribution in [0.3, 0.4) is 0 Å². The summed E-state index contributed by atoms with van der Waals surface area (Å²) in [5, 5.41) is 0.814. The van der Waals surface area contributed by atoms with Gasteiger partial charge in [0.2, 0.25) is 0 Å². The Morgan fingerprint density at radius 2 is 2.00 bits per heavy atom. The first-order valence-corrected chi connectivity index (χ1v) is 10.4. The Hall–Kier alpha value is -2.12. The summed E-state index contributed by atoms with van der Waals surface area (Å²) in [6, 6.07) is 4.87. The molecule has 0 aliphatic carbocycles. The summed E-state index contributed by atoms with van der Waals surface area (Å²) in [6.45, 7) is 9.10. The molecule has 2 N–H and O–H groups in total. The monoisotopic (exact) mass is 420 g/mol. The Kier molecular flexibility index (Phi) is 6.19. The van der Waals surface area contributed by atoms with Gasteiger partial charge in [0.15, 0.2) is 0 Å². The van der Waals surface area contributed by atoms with Gasteiger partial charge >= 0.3 is 6.09 Å². The predicted molar refractivity (Wildman–Crippen MR) is 114 cm³/mol. The molecule has 158 valence electrons. The molecule has 0 spiro atoms. The summed E-state index contributed by atoms with van der Waals surface area (Å²) in [7, 11) is 0. The minimum atomic E-state index is -0.510. The van der Waals surface area contributed by atoms with E-state index in [2.05, 4.69) is 4.98 Å². The van der Waals surface area contributed by atoms with Crippen LogP contribution in [-0.2, 0) is 11.3 Å². The normalized spacial score (nSPS) is 16.8. The van der Waals surface area contributed by atoms with Crippen LogP contribution in [0.15, 0.2) is 23.0 Å². The van der Waals surface area contributed by atoms with Crippen molar-refractivity contribution >= 4 is 28.6 Å². The van der Waals surface area contributed by atoms with E-state index in [9.17, 15) is 9.59 Å². The van der Waals surface area contributed by atoms with Gasteiger partial charge in [0.25, 0.3) is 5.56 Å². The summed E-state index contributed by atoms with van der Waals surface area (Å²) >= 11 is 6.27. The maximum atomic E-state index is 13.2. The Bertz CT molecular complexity index is 957. The van der Waals surface area contributed by atoms with E-state index in [1.807, 2.05) is 27.7 Å². The number of rotatable bonds is 3. The van der Waals surface area contributed by atoms with E-state index in [1.165, 1.54) is 0 Å². The molecule has 8 heteroatoms. The number of aromatic nitrogens is 2. The van der Waals surface area contributed by atoms with E-state index in [1.54, 1.807) is 27.7 Å². The molecular weight excluding hydrogens is 392 g/mol. The fourth-order valence-electron chi connectivity index (χ4n) is 3.65. The number of likely N-dealkylation sites (tertiary alicyclic amines) is 1. The first kappa shape index (κ1) is 21.6. The van der Waals surface area contributed by atoms with Gasteiger partial charge in [-0.1, -0.05) is 17.7 Å². The van der Waals surface area contributed by atoms with Crippen molar-refractivity contribution in [3.8, 4) is 0 Å². The first-order valence-electron chi connectivity index (χ1n) is 9.99. The van der Waals surface area contributed by atoms with Crippen LogP contribution in [0.1, 0.15) is 52.4 Å². The van der Waals surface area contributed by atoms with E-state index >= 15 is 0 Å². The molecule has 2 aromatic rings. The number of piperidine rings is 1. The molecule has 1 aromatic heterocycles. The summed E-state index contributed by atoms with van der Waals surface area (Å²) in [6.07, 6.45) is 1.28. The molecule has 7 nitrogen and oxygen atoms in total. The zero-order valence-corrected chi connectivity index (χ0v) is 18.2. The van der Waals surface area contributed by atoms with Gasteiger partial charge in [-0.05, 0) is 58.6 Å². The number of benzene rings is 1. The standard InChI is InChI=1S/C21H29ClN4O3/c1-13(23)18-24-16-7-5-6-15(22)17(16)19(27)26(18)12-14-8-10-25(11-9-14)20(28)29-21(2,3)4/h5-7,13-14H,8-12,23H2,1-4H3/t13-/m0/s1. The maximum absolute atomic E-state index is 13.2. The van der Waals surface area contributed by atoms with Gasteiger partial charge in [-0.2, -0.15) is 0 Å². The lowest BCUT2D eigenvalue weighted by atomic mass is 9.96. The highest BCUT2D eigenvalue weighted by atomic mass is 35.5. The number of fused-ring (bicyclic) bond motifs is 1. The van der Waals surface area contributed by atoms with E-state index in [0.29, 0.717) is 41.4 Å². The second kappa shape index (κ2) is 8.32. The molecule has 3 rings (SSSR count). The SMILES string of the molecule is C[C@H](N)c1nc2cccc(Cl)c2c(=O)n1CC1CCN(C(=O)OC(C)(C)C)CC1. The summed E-state index contributed by atoms with van der Waals surface area (Å²) in [5.41, 5.74) is 6.00. The minimum Gasteiger partial charge on any atom is -0.444 e. The molecule has 1 aromatic carbocycles. The third kappa shape index (κ3) is 4.90. The molecule has 1 saturated heterocycles. The summed E-state index contributed by atoms with van der Waals surface area (Å²) in [5.74, 6) is 0.796. The van der Waals surface area contributed by atoms with E-state index in [0.717, 1.165) is 12.8 Å². The van der Waals surface area contributed by atoms with Crippen molar-refractivity contribution in [2.24, 2.45) is 11.7 Å². The largest absolute Gasteiger partial charge is 0.444 e. The molecule has 0 saturated carbocycles. The van der Waals surface area contributed by atoms with Crippen LogP contribution in [0.2, 0.25) is 5.02 Å². The van der Waals surface area contributed by atoms with Gasteiger partial charge in [0.05, 0.1) is 22.0 Å². The molecule has 1 fully saturated rings. The molecule has 1 aliphatic heterocycles. The van der Waals surface area contributed by atoms with Gasteiger partial charge < -0.3 is 15.4 Å². The lowest BCUT2D eigenvalue weighted by Crippen LogP contribution is -2.43. The third-order valence-electron chi connectivity index (χ3n) is 5.08. The highest BCUT2D eigenvalue weighted by Crippen LogP contribution is 2.24. The van der Waals surface area contributed by atoms with Crippen molar-refractivity contribution in [2.45, 2.75) is 58.7 Å². The van der Waals surface area contributed by atoms with E-state index in [4.69, 9.17) is 22.1 Å². The Labute approximate surface area is 175 Å². The van der Waals surface area contributed by atoms with Crippen LogP contribution in [0.4, 0.5) is 4.79 Å². The minimum absolute atomic E-state index is 0.164. The molecule has 0 radical (unpaired) electrons. The summed E-state index contributed by atoms with van der Waals surface area (Å²) < 4.78 is 7.11. The number of carbonyl (C=O) groups excluding carboxylic acids is 1. The predicted octanol–water partition coefficient (Wildman–Crippen LogP) is 3.72. The topological polar surface area (TPSA) is 90.5 Å². The van der Waals surface area contributed by atoms with Crippen molar-refractivity contribution in [1.29, 1.82) is 0 Å². The molecule has 29 heavy (non-hydrogen) atoms. The molecule has 2 heterocycles. The van der Waals surface area contributed by atoms with Crippen LogP contribution in [-0.4, -0.2) is 39.2 Å². The van der Waals surface area contributed by atoms with E-state index < -0.39 is 5.60 Å². The van der Waals surface area contributed by atoms with Crippen LogP contribution >= 0.6 is 11.6 Å². The lowest BCUT2D eigenvalue weighted by Gasteiger charge is -2.34. The molecule has 1 amide bonds. The number of nitrogens with zero attached hydrogens (tertiary/aromatic N) is 3. The first-order chi connectivity index (χ1) is 13.6. The number of amides is 1. The van der Waals surface area contributed by atoms with Crippen LogP contribution in [0, 0.1) is 5.92 Å². The fourth-order valence-corrected chi connectivity index (χ4v) is 3.90. The highest BCUT2D eigenvalue weighted by Gasteiger charge is 2.28. The number of ether oxygens (including phenoxy) is 1. The van der Waals surface area contributed by atoms with Gasteiger partial charge in [-0.25, -0.2) is 9.78 Å². The highest BCUT2D eigenvalue weighted by molar-refractivity contribution is 6.35. The van der Waals surface area contributed by atoms with Crippen molar-refractivity contribution in [3.63, 3.8) is 0 Å². The van der Waals surface area contributed by atoms with Crippen molar-refractivity contribution < 1.29 is 9.53 Å². The van der Waals surface area contributed by atoms with Crippen LogP contribution in [0.5, 0.6) is 0 Å². The maximum Gasteiger partial charge on any atom is 0.410 e. The smallest absolute Gasteiger partial charge is 0.410 e. The number of hydrogen-bond donors (Lipinski definition) is 1. The molecule has 1 aliphatic rings. The Morgan fingerprint density at radius 1 is 1.34 bits per heavy atom. The van der Waals surface area contributed by atoms with Crippen LogP contribution in [0.25, 0.3) is 10.9 Å². The van der Waals surface area contributed by atoms with Crippen molar-refractivity contribution in [3.05, 3.63) is 39.4 Å². The average Bonchev–Trinajstić information content (AvgIpc) is 2.62. The van der Waals surface area contributed by atoms with Gasteiger partial charge in [0.1, 0.15) is 11.4 Å². The second-order valence-corrected chi connectivity index (χ2v) is 9.13. The Balaban J connectivity index is 1.80. The van der Waals surface area contributed by atoms with Gasteiger partial charge in [0, 0.05) is 19.6 Å². The average molecular weight is 421 g/mol. The quantitative estimate of drug-likeness (QED) is 0.817. The number of hydrogen-bond acceptors (Lipinski definition) is 5. The number of nitrogens with two attached hydrogens (primary N) is 1. The van der Waals surface area contributed by atoms with Crippen molar-refractivity contribution in [2.75, 3.05) is 13.1 Å². The van der Waals surface area contributed by atoms with Crippen molar-refractivity contribution in [1.82, 2.24) is 14.5 Å². The molecule has 0 unspecified atom stereocenters. The number of carbonyl (C=O) groups is 1. The molecule has 0 bridgehead atoms. The third-order valence-corrected chi connectivity index (χ3v) is 5.39. The van der Waals surface area contributed by atoms with E-state index in [-0.39, 0.29) is 23.6 Å². The molecule has 1 atom stereocenters. The second-order valence-electron chi connectivity index (χ2n) is 8.72. The van der Waals surface area contributed by atoms with Crippen LogP contribution < -0.4 is 11.3 Å². The number of halogens is 1. The Morgan fingerprint density at radius 3 is 2.59 bits per heavy atom. The van der Waals surface area contributed by atoms with Gasteiger partial charge in [-0.3, -0.25) is 9.36 Å². The van der Waals surface area contributed by atoms with Gasteiger partial charge in [-0.15, -0.1) is 0 Å².